The molecular formula is C33H47N7O7S. The molecule has 5 rings (SSSR count). The Morgan fingerprint density at radius 3 is 2.10 bits per heavy atom. The van der Waals surface area contributed by atoms with Gasteiger partial charge in [-0.2, -0.15) is 15.0 Å². The van der Waals surface area contributed by atoms with Gasteiger partial charge in [0, 0.05) is 18.9 Å². The summed E-state index contributed by atoms with van der Waals surface area (Å²) in [6, 6.07) is 1.16. The van der Waals surface area contributed by atoms with E-state index < -0.39 is 79.7 Å². The number of carbonyl (C=O) groups excluding carboxylic acids is 4. The number of aryl methyl sites for hydroxylation is 2. The van der Waals surface area contributed by atoms with Gasteiger partial charge >= 0.3 is 6.09 Å². The van der Waals surface area contributed by atoms with Crippen molar-refractivity contribution in [1.29, 1.82) is 0 Å². The fourth-order valence-electron chi connectivity index (χ4n) is 6.08. The lowest BCUT2D eigenvalue weighted by atomic mass is 9.85. The molecule has 1 aromatic carbocycles. The molecule has 2 heterocycles. The van der Waals surface area contributed by atoms with Gasteiger partial charge in [0.1, 0.15) is 34.3 Å². The number of benzene rings is 1. The number of ether oxygens (including phenoxy) is 1. The molecule has 1 aliphatic heterocycles. The van der Waals surface area contributed by atoms with Crippen molar-refractivity contribution >= 4 is 44.9 Å². The number of hydrogen-bond acceptors (Lipinski definition) is 9. The Bertz CT molecular complexity index is 1730. The standard InChI is InChI=1S/C33H47N7O7S/c1-10-20-16-33(20,29(43)38-48(45,46)22-11-12-22)35-27(41)25-15-21(40-36-23-13-18(2)19(3)14-24(23)37-40)17-39(25)28(42)26(31(4,5)6)34-30(44)47-32(7,8)9/h10,13-14,20-22,25-26H,1,11-12,15-17H2,2-9H3,(H,34,44)(H,35,41)(H,38,43)/t20-,21-,25+,26-,33+/m1/s1. The van der Waals surface area contributed by atoms with E-state index in [4.69, 9.17) is 4.74 Å². The lowest BCUT2D eigenvalue weighted by molar-refractivity contribution is -0.143. The average molecular weight is 686 g/mol. The number of fused-ring (bicyclic) bond motifs is 1. The van der Waals surface area contributed by atoms with Gasteiger partial charge in [-0.05, 0) is 82.6 Å². The Labute approximate surface area is 281 Å². The summed E-state index contributed by atoms with van der Waals surface area (Å²) in [7, 11) is -3.88. The first-order valence-electron chi connectivity index (χ1n) is 16.3. The van der Waals surface area contributed by atoms with Crippen molar-refractivity contribution < 1.29 is 32.3 Å². The molecular weight excluding hydrogens is 638 g/mol. The predicted molar refractivity (Wildman–Crippen MR) is 178 cm³/mol. The van der Waals surface area contributed by atoms with Crippen LogP contribution in [0.5, 0.6) is 0 Å². The monoisotopic (exact) mass is 685 g/mol. The molecule has 2 aliphatic carbocycles. The second-order valence-electron chi connectivity index (χ2n) is 15.5. The molecule has 0 spiro atoms. The van der Waals surface area contributed by atoms with Gasteiger partial charge < -0.3 is 20.3 Å². The third kappa shape index (κ3) is 7.20. The zero-order valence-corrected chi connectivity index (χ0v) is 29.7. The van der Waals surface area contributed by atoms with Crippen LogP contribution in [0.25, 0.3) is 11.0 Å². The molecule has 48 heavy (non-hydrogen) atoms. The van der Waals surface area contributed by atoms with Crippen LogP contribution in [-0.2, 0) is 29.1 Å². The van der Waals surface area contributed by atoms with Gasteiger partial charge in [0.05, 0.1) is 11.3 Å². The highest BCUT2D eigenvalue weighted by atomic mass is 32.2. The van der Waals surface area contributed by atoms with Gasteiger partial charge in [-0.3, -0.25) is 19.1 Å². The first-order valence-corrected chi connectivity index (χ1v) is 17.8. The van der Waals surface area contributed by atoms with Crippen LogP contribution < -0.4 is 15.4 Å². The minimum Gasteiger partial charge on any atom is -0.444 e. The third-order valence-electron chi connectivity index (χ3n) is 9.23. The zero-order chi connectivity index (χ0) is 35.6. The summed E-state index contributed by atoms with van der Waals surface area (Å²) in [4.78, 5) is 57.8. The first kappa shape index (κ1) is 35.3. The van der Waals surface area contributed by atoms with E-state index in [0.29, 0.717) is 23.9 Å². The molecule has 1 aromatic heterocycles. The lowest BCUT2D eigenvalue weighted by Gasteiger charge is -2.36. The van der Waals surface area contributed by atoms with E-state index in [9.17, 15) is 27.6 Å². The molecule has 0 bridgehead atoms. The maximum absolute atomic E-state index is 14.4. The van der Waals surface area contributed by atoms with Crippen LogP contribution in [0.4, 0.5) is 4.79 Å². The number of hydrogen-bond donors (Lipinski definition) is 3. The number of nitrogens with zero attached hydrogens (tertiary/aromatic N) is 4. The topological polar surface area (TPSA) is 182 Å². The Morgan fingerprint density at radius 1 is 1.04 bits per heavy atom. The van der Waals surface area contributed by atoms with E-state index in [0.717, 1.165) is 11.1 Å². The summed E-state index contributed by atoms with van der Waals surface area (Å²) in [5, 5.41) is 14.2. The Kier molecular flexibility index (Phi) is 8.93. The number of alkyl carbamates (subject to hydrolysis) is 1. The SMILES string of the molecule is C=C[C@@H]1C[C@@]1(NC(=O)[C@@H]1C[C@@H](n2nc3cc(C)c(C)cc3n2)CN1C(=O)[C@@H](NC(=O)OC(C)(C)C)C(C)(C)C)C(=O)NS(=O)(=O)C1CC1. The minimum atomic E-state index is -3.88. The van der Waals surface area contributed by atoms with Crippen molar-refractivity contribution in [3.8, 4) is 0 Å². The van der Waals surface area contributed by atoms with Crippen molar-refractivity contribution in [2.45, 2.75) is 116 Å². The summed E-state index contributed by atoms with van der Waals surface area (Å²) in [5.74, 6) is -2.49. The summed E-state index contributed by atoms with van der Waals surface area (Å²) < 4.78 is 32.9. The molecule has 3 N–H and O–H groups in total. The van der Waals surface area contributed by atoms with Crippen molar-refractivity contribution in [2.75, 3.05) is 6.54 Å². The number of sulfonamides is 1. The van der Waals surface area contributed by atoms with Crippen LogP contribution >= 0.6 is 0 Å². The van der Waals surface area contributed by atoms with Crippen LogP contribution in [0, 0.1) is 25.2 Å². The number of nitrogens with one attached hydrogen (secondary N) is 3. The predicted octanol–water partition coefficient (Wildman–Crippen LogP) is 2.80. The molecule has 2 saturated carbocycles. The summed E-state index contributed by atoms with van der Waals surface area (Å²) in [6.07, 6.45) is 1.93. The van der Waals surface area contributed by atoms with E-state index in [1.165, 1.54) is 15.8 Å². The van der Waals surface area contributed by atoms with Crippen LogP contribution in [0.15, 0.2) is 24.8 Å². The maximum Gasteiger partial charge on any atom is 0.408 e. The summed E-state index contributed by atoms with van der Waals surface area (Å²) >= 11 is 0. The molecule has 262 valence electrons. The number of amides is 4. The number of aromatic nitrogens is 3. The highest BCUT2D eigenvalue weighted by molar-refractivity contribution is 7.91. The van der Waals surface area contributed by atoms with Crippen molar-refractivity contribution in [2.24, 2.45) is 11.3 Å². The van der Waals surface area contributed by atoms with Crippen LogP contribution in [0.3, 0.4) is 0 Å². The Hall–Kier alpha value is -4.01. The van der Waals surface area contributed by atoms with E-state index >= 15 is 0 Å². The molecule has 2 aromatic rings. The van der Waals surface area contributed by atoms with Crippen LogP contribution in [0.2, 0.25) is 0 Å². The van der Waals surface area contributed by atoms with Crippen molar-refractivity contribution in [1.82, 2.24) is 35.2 Å². The lowest BCUT2D eigenvalue weighted by Crippen LogP contribution is -2.60. The van der Waals surface area contributed by atoms with Crippen LogP contribution in [0.1, 0.15) is 84.4 Å². The molecule has 0 radical (unpaired) electrons. The quantitative estimate of drug-likeness (QED) is 0.335. The fourth-order valence-corrected chi connectivity index (χ4v) is 7.45. The van der Waals surface area contributed by atoms with E-state index in [1.807, 2.05) is 26.0 Å². The summed E-state index contributed by atoms with van der Waals surface area (Å²) in [6.45, 7) is 18.3. The first-order chi connectivity index (χ1) is 22.1. The molecule has 14 nitrogen and oxygen atoms in total. The highest BCUT2D eigenvalue weighted by Gasteiger charge is 2.62. The van der Waals surface area contributed by atoms with Gasteiger partial charge in [-0.1, -0.05) is 26.8 Å². The van der Waals surface area contributed by atoms with E-state index in [-0.39, 0.29) is 19.4 Å². The van der Waals surface area contributed by atoms with Gasteiger partial charge in [0.25, 0.3) is 5.91 Å². The van der Waals surface area contributed by atoms with Crippen LogP contribution in [-0.4, -0.2) is 87.1 Å². The molecule has 5 atom stereocenters. The molecule has 4 amide bonds. The maximum atomic E-state index is 14.4. The zero-order valence-electron chi connectivity index (χ0n) is 28.9. The van der Waals surface area contributed by atoms with Gasteiger partial charge in [0.15, 0.2) is 0 Å². The summed E-state index contributed by atoms with van der Waals surface area (Å²) in [5.41, 5.74) is 0.303. The van der Waals surface area contributed by atoms with E-state index in [1.54, 1.807) is 41.5 Å². The van der Waals surface area contributed by atoms with E-state index in [2.05, 4.69) is 32.1 Å². The van der Waals surface area contributed by atoms with Gasteiger partial charge in [-0.25, -0.2) is 13.2 Å². The Balaban J connectivity index is 1.46. The molecule has 15 heteroatoms. The molecule has 0 unspecified atom stereocenters. The fraction of sp³-hybridized carbons (Fsp3) is 0.636. The number of rotatable bonds is 9. The Morgan fingerprint density at radius 2 is 1.62 bits per heavy atom. The smallest absolute Gasteiger partial charge is 0.408 e. The molecule has 3 aliphatic rings. The van der Waals surface area contributed by atoms with Gasteiger partial charge in [-0.15, -0.1) is 6.58 Å². The largest absolute Gasteiger partial charge is 0.444 e. The van der Waals surface area contributed by atoms with Crippen molar-refractivity contribution in [3.63, 3.8) is 0 Å². The second kappa shape index (κ2) is 12.1. The highest BCUT2D eigenvalue weighted by Crippen LogP contribution is 2.45. The molecule has 3 fully saturated rings. The minimum absolute atomic E-state index is 0.0403. The van der Waals surface area contributed by atoms with Crippen molar-refractivity contribution in [3.05, 3.63) is 35.9 Å². The van der Waals surface area contributed by atoms with Gasteiger partial charge in [0.2, 0.25) is 21.8 Å². The molecule has 1 saturated heterocycles. The number of likely N-dealkylation sites (tertiary alicyclic amines) is 1. The average Bonchev–Trinajstić information content (AvgIpc) is 3.85. The normalized spacial score (nSPS) is 24.9. The number of carbonyl (C=O) groups is 4. The second-order valence-corrected chi connectivity index (χ2v) is 17.4. The third-order valence-corrected chi connectivity index (χ3v) is 11.0.